The molecule has 1 aliphatic rings. The van der Waals surface area contributed by atoms with Crippen molar-refractivity contribution in [2.24, 2.45) is 0 Å². The Balaban J connectivity index is 1.84. The Morgan fingerprint density at radius 2 is 1.93 bits per heavy atom. The fourth-order valence-corrected chi connectivity index (χ4v) is 3.42. The van der Waals surface area contributed by atoms with E-state index >= 15 is 0 Å². The van der Waals surface area contributed by atoms with Gasteiger partial charge in [-0.15, -0.1) is 0 Å². The Morgan fingerprint density at radius 3 is 2.70 bits per heavy atom. The molecule has 6 heteroatoms. The number of aromatic nitrogens is 1. The van der Waals surface area contributed by atoms with Gasteiger partial charge in [0, 0.05) is 17.0 Å². The second-order valence-electron chi connectivity index (χ2n) is 6.42. The van der Waals surface area contributed by atoms with E-state index in [9.17, 15) is 15.3 Å². The summed E-state index contributed by atoms with van der Waals surface area (Å²) in [6.45, 7) is 2.09. The summed E-state index contributed by atoms with van der Waals surface area (Å²) >= 11 is 0. The number of hydrogen-bond acceptors (Lipinski definition) is 4. The second-order valence-corrected chi connectivity index (χ2v) is 6.42. The van der Waals surface area contributed by atoms with Gasteiger partial charge in [-0.2, -0.15) is 10.5 Å². The number of nitriles is 2. The fraction of sp³-hybridized carbons (Fsp3) is 0.143. The highest BCUT2D eigenvalue weighted by Crippen LogP contribution is 2.34. The van der Waals surface area contributed by atoms with Crippen molar-refractivity contribution < 1.29 is 4.79 Å². The largest absolute Gasteiger partial charge is 0.330 e. The summed E-state index contributed by atoms with van der Waals surface area (Å²) in [6, 6.07) is 16.3. The summed E-state index contributed by atoms with van der Waals surface area (Å²) in [5, 5.41) is 20.9. The minimum Gasteiger partial charge on any atom is -0.289 e. The highest BCUT2D eigenvalue weighted by atomic mass is 16.2. The number of carbonyl (C=O) groups excluding carboxylic acids is 1. The Morgan fingerprint density at radius 1 is 1.11 bits per heavy atom. The van der Waals surface area contributed by atoms with E-state index in [1.54, 1.807) is 24.5 Å². The normalized spacial score (nSPS) is 16.4. The lowest BCUT2D eigenvalue weighted by Gasteiger charge is -2.21. The first-order chi connectivity index (χ1) is 13.1. The van der Waals surface area contributed by atoms with E-state index in [1.165, 1.54) is 9.80 Å². The maximum atomic E-state index is 13.3. The number of hydrogen-bond donors (Lipinski definition) is 0. The predicted octanol–water partition coefficient (Wildman–Crippen LogP) is 3.75. The number of urea groups is 1. The standard InChI is InChI=1S/C21H15N5O/c1-14-6-7-15(9-22)19(8-14)25-13-17(10-23)26(21(25)27)20-12-24-11-16-4-2-3-5-18(16)20/h2-8,11-12,17H,13H2,1H3/t17-/m0/s1. The third-order valence-corrected chi connectivity index (χ3v) is 4.72. The van der Waals surface area contributed by atoms with Gasteiger partial charge in [-0.3, -0.25) is 14.8 Å². The van der Waals surface area contributed by atoms with E-state index in [4.69, 9.17) is 0 Å². The number of benzene rings is 2. The number of anilines is 2. The maximum Gasteiger partial charge on any atom is 0.330 e. The Bertz CT molecular complexity index is 1140. The van der Waals surface area contributed by atoms with E-state index in [-0.39, 0.29) is 12.6 Å². The molecule has 2 amide bonds. The zero-order chi connectivity index (χ0) is 19.0. The molecular weight excluding hydrogens is 338 g/mol. The molecule has 6 nitrogen and oxygen atoms in total. The molecule has 130 valence electrons. The van der Waals surface area contributed by atoms with Crippen molar-refractivity contribution in [2.75, 3.05) is 16.3 Å². The molecule has 1 aromatic heterocycles. The molecule has 2 aromatic carbocycles. The Labute approximate surface area is 156 Å². The van der Waals surface area contributed by atoms with E-state index in [0.29, 0.717) is 16.9 Å². The lowest BCUT2D eigenvalue weighted by molar-refractivity contribution is 0.255. The van der Waals surface area contributed by atoms with Crippen molar-refractivity contribution in [1.29, 1.82) is 10.5 Å². The first-order valence-corrected chi connectivity index (χ1v) is 8.48. The zero-order valence-electron chi connectivity index (χ0n) is 14.6. The highest BCUT2D eigenvalue weighted by molar-refractivity contribution is 6.12. The quantitative estimate of drug-likeness (QED) is 0.702. The van der Waals surface area contributed by atoms with Crippen LogP contribution >= 0.6 is 0 Å². The first-order valence-electron chi connectivity index (χ1n) is 8.48. The molecular formula is C21H15N5O. The molecule has 1 atom stereocenters. The number of amides is 2. The number of aryl methyl sites for hydroxylation is 1. The molecule has 0 spiro atoms. The van der Waals surface area contributed by atoms with Gasteiger partial charge in [0.25, 0.3) is 0 Å². The van der Waals surface area contributed by atoms with Crippen LogP contribution in [0.5, 0.6) is 0 Å². The van der Waals surface area contributed by atoms with Gasteiger partial charge in [0.1, 0.15) is 12.1 Å². The third kappa shape index (κ3) is 2.65. The van der Waals surface area contributed by atoms with Crippen LogP contribution in [0.3, 0.4) is 0 Å². The van der Waals surface area contributed by atoms with Crippen LogP contribution in [0, 0.1) is 29.6 Å². The molecule has 3 aromatic rings. The van der Waals surface area contributed by atoms with E-state index in [1.807, 2.05) is 37.3 Å². The van der Waals surface area contributed by atoms with E-state index in [2.05, 4.69) is 17.1 Å². The molecule has 0 saturated carbocycles. The van der Waals surface area contributed by atoms with Crippen LogP contribution < -0.4 is 9.80 Å². The van der Waals surface area contributed by atoms with Crippen LogP contribution in [0.4, 0.5) is 16.2 Å². The lowest BCUT2D eigenvalue weighted by Crippen LogP contribution is -2.35. The number of pyridine rings is 1. The van der Waals surface area contributed by atoms with Crippen molar-refractivity contribution in [3.05, 3.63) is 66.0 Å². The molecule has 1 saturated heterocycles. The molecule has 27 heavy (non-hydrogen) atoms. The first kappa shape index (κ1) is 16.6. The number of nitrogens with zero attached hydrogens (tertiary/aromatic N) is 5. The van der Waals surface area contributed by atoms with E-state index < -0.39 is 6.04 Å². The summed E-state index contributed by atoms with van der Waals surface area (Å²) in [5.74, 6) is 0. The van der Waals surface area contributed by atoms with Gasteiger partial charge in [-0.25, -0.2) is 4.79 Å². The summed E-state index contributed by atoms with van der Waals surface area (Å²) in [4.78, 5) is 20.5. The molecule has 0 bridgehead atoms. The molecule has 0 N–H and O–H groups in total. The van der Waals surface area contributed by atoms with Gasteiger partial charge >= 0.3 is 6.03 Å². The maximum absolute atomic E-state index is 13.3. The fourth-order valence-electron chi connectivity index (χ4n) is 3.42. The molecule has 1 fully saturated rings. The topological polar surface area (TPSA) is 84.0 Å². The van der Waals surface area contributed by atoms with Crippen molar-refractivity contribution in [2.45, 2.75) is 13.0 Å². The van der Waals surface area contributed by atoms with Gasteiger partial charge in [0.15, 0.2) is 0 Å². The molecule has 1 aliphatic heterocycles. The monoisotopic (exact) mass is 353 g/mol. The third-order valence-electron chi connectivity index (χ3n) is 4.72. The van der Waals surface area contributed by atoms with Crippen molar-refractivity contribution in [3.8, 4) is 12.1 Å². The summed E-state index contributed by atoms with van der Waals surface area (Å²) in [6.07, 6.45) is 3.34. The smallest absolute Gasteiger partial charge is 0.289 e. The molecule has 4 rings (SSSR count). The van der Waals surface area contributed by atoms with Crippen LogP contribution in [0.1, 0.15) is 11.1 Å². The van der Waals surface area contributed by atoms with Crippen LogP contribution in [-0.2, 0) is 0 Å². The van der Waals surface area contributed by atoms with Crippen LogP contribution in [-0.4, -0.2) is 23.6 Å². The van der Waals surface area contributed by atoms with Gasteiger partial charge in [0.05, 0.1) is 35.7 Å². The molecule has 0 radical (unpaired) electrons. The SMILES string of the molecule is Cc1ccc(C#N)c(N2C[C@H](C#N)N(c3cncc4ccccc34)C2=O)c1. The van der Waals surface area contributed by atoms with Gasteiger partial charge < -0.3 is 0 Å². The number of carbonyl (C=O) groups is 1. The van der Waals surface area contributed by atoms with Crippen molar-refractivity contribution in [1.82, 2.24) is 4.98 Å². The average Bonchev–Trinajstić information content (AvgIpc) is 3.03. The molecule has 0 aliphatic carbocycles. The number of rotatable bonds is 2. The summed E-state index contributed by atoms with van der Waals surface area (Å²) in [5.41, 5.74) is 2.47. The van der Waals surface area contributed by atoms with Crippen molar-refractivity contribution >= 4 is 28.2 Å². The average molecular weight is 353 g/mol. The lowest BCUT2D eigenvalue weighted by atomic mass is 10.1. The van der Waals surface area contributed by atoms with Crippen LogP contribution in [0.25, 0.3) is 10.8 Å². The van der Waals surface area contributed by atoms with E-state index in [0.717, 1.165) is 16.3 Å². The summed E-state index contributed by atoms with van der Waals surface area (Å²) in [7, 11) is 0. The van der Waals surface area contributed by atoms with Gasteiger partial charge in [-0.1, -0.05) is 30.3 Å². The van der Waals surface area contributed by atoms with Crippen LogP contribution in [0.15, 0.2) is 54.9 Å². The van der Waals surface area contributed by atoms with Crippen molar-refractivity contribution in [3.63, 3.8) is 0 Å². The zero-order valence-corrected chi connectivity index (χ0v) is 14.6. The highest BCUT2D eigenvalue weighted by Gasteiger charge is 2.40. The minimum atomic E-state index is -0.669. The molecule has 2 heterocycles. The Hall–Kier alpha value is -3.90. The minimum absolute atomic E-state index is 0.191. The Kier molecular flexibility index (Phi) is 3.95. The molecule has 0 unspecified atom stereocenters. The number of fused-ring (bicyclic) bond motifs is 1. The summed E-state index contributed by atoms with van der Waals surface area (Å²) < 4.78 is 0. The van der Waals surface area contributed by atoms with Gasteiger partial charge in [0.2, 0.25) is 0 Å². The predicted molar refractivity (Wildman–Crippen MR) is 102 cm³/mol. The second kappa shape index (κ2) is 6.44. The van der Waals surface area contributed by atoms with Gasteiger partial charge in [-0.05, 0) is 24.6 Å². The van der Waals surface area contributed by atoms with Crippen LogP contribution in [0.2, 0.25) is 0 Å².